The molecule has 0 saturated carbocycles. The first-order valence-corrected chi connectivity index (χ1v) is 8.76. The predicted octanol–water partition coefficient (Wildman–Crippen LogP) is 4.18. The maximum Gasteiger partial charge on any atom is 0.261 e. The molecular weight excluding hydrogens is 314 g/mol. The minimum absolute atomic E-state index is 0.106. The Bertz CT molecular complexity index is 712. The highest BCUT2D eigenvalue weighted by Crippen LogP contribution is 2.21. The molecule has 0 aliphatic carbocycles. The van der Waals surface area contributed by atoms with Gasteiger partial charge < -0.3 is 14.8 Å². The molecule has 0 spiro atoms. The van der Waals surface area contributed by atoms with Crippen LogP contribution < -0.4 is 14.8 Å². The molecule has 0 aromatic heterocycles. The second-order valence-electron chi connectivity index (χ2n) is 6.08. The van der Waals surface area contributed by atoms with Crippen LogP contribution >= 0.6 is 0 Å². The van der Waals surface area contributed by atoms with Crippen LogP contribution in [0, 0.1) is 13.8 Å². The third-order valence-corrected chi connectivity index (χ3v) is 3.95. The van der Waals surface area contributed by atoms with Gasteiger partial charge >= 0.3 is 0 Å². The Morgan fingerprint density at radius 3 is 2.64 bits per heavy atom. The molecule has 1 N–H and O–H groups in total. The molecule has 2 aromatic rings. The molecule has 0 saturated heterocycles. The van der Waals surface area contributed by atoms with Crippen molar-refractivity contribution >= 4 is 5.91 Å². The van der Waals surface area contributed by atoms with Crippen molar-refractivity contribution in [2.45, 2.75) is 46.8 Å². The van der Waals surface area contributed by atoms with E-state index in [4.69, 9.17) is 9.47 Å². The first kappa shape index (κ1) is 18.8. The van der Waals surface area contributed by atoms with E-state index in [-0.39, 0.29) is 5.91 Å². The summed E-state index contributed by atoms with van der Waals surface area (Å²) in [6, 6.07) is 13.8. The maximum atomic E-state index is 12.5. The van der Waals surface area contributed by atoms with Crippen molar-refractivity contribution in [1.82, 2.24) is 5.32 Å². The molecule has 2 rings (SSSR count). The van der Waals surface area contributed by atoms with Gasteiger partial charge in [0.15, 0.2) is 6.10 Å². The van der Waals surface area contributed by atoms with E-state index in [0.29, 0.717) is 19.6 Å². The van der Waals surface area contributed by atoms with Crippen LogP contribution in [0.4, 0.5) is 0 Å². The van der Waals surface area contributed by atoms with E-state index in [1.54, 1.807) is 0 Å². The van der Waals surface area contributed by atoms with Gasteiger partial charge in [-0.3, -0.25) is 4.79 Å². The van der Waals surface area contributed by atoms with Crippen LogP contribution in [0.2, 0.25) is 0 Å². The van der Waals surface area contributed by atoms with E-state index in [9.17, 15) is 4.79 Å². The van der Waals surface area contributed by atoms with Gasteiger partial charge in [-0.05, 0) is 62.1 Å². The number of nitrogens with one attached hydrogen (secondary N) is 1. The Hall–Kier alpha value is -2.49. The fourth-order valence-corrected chi connectivity index (χ4v) is 2.52. The number of aryl methyl sites for hydroxylation is 2. The summed E-state index contributed by atoms with van der Waals surface area (Å²) in [5.41, 5.74) is 3.14. The van der Waals surface area contributed by atoms with Crippen molar-refractivity contribution in [3.05, 3.63) is 59.2 Å². The van der Waals surface area contributed by atoms with Crippen LogP contribution in [0.3, 0.4) is 0 Å². The average molecular weight is 341 g/mol. The Morgan fingerprint density at radius 2 is 1.92 bits per heavy atom. The van der Waals surface area contributed by atoms with E-state index >= 15 is 0 Å². The monoisotopic (exact) mass is 341 g/mol. The van der Waals surface area contributed by atoms with Gasteiger partial charge in [-0.1, -0.05) is 31.2 Å². The van der Waals surface area contributed by atoms with Gasteiger partial charge in [0.25, 0.3) is 5.91 Å². The molecule has 0 bridgehead atoms. The highest BCUT2D eigenvalue weighted by atomic mass is 16.5. The normalized spacial score (nSPS) is 11.7. The number of benzene rings is 2. The molecule has 1 unspecified atom stereocenters. The molecule has 134 valence electrons. The minimum atomic E-state index is -0.504. The van der Waals surface area contributed by atoms with Gasteiger partial charge in [-0.15, -0.1) is 0 Å². The second-order valence-corrected chi connectivity index (χ2v) is 6.08. The Morgan fingerprint density at radius 1 is 1.12 bits per heavy atom. The molecule has 1 atom stereocenters. The van der Waals surface area contributed by atoms with E-state index in [0.717, 1.165) is 28.2 Å². The number of hydrogen-bond acceptors (Lipinski definition) is 3. The summed E-state index contributed by atoms with van der Waals surface area (Å²) in [4.78, 5) is 12.5. The topological polar surface area (TPSA) is 47.6 Å². The molecule has 2 aromatic carbocycles. The number of carbonyl (C=O) groups is 1. The SMILES string of the molecule is CCOc1cccc(CNC(=O)C(CC)Oc2cc(C)ccc2C)c1. The summed E-state index contributed by atoms with van der Waals surface area (Å²) in [5.74, 6) is 1.47. The summed E-state index contributed by atoms with van der Waals surface area (Å²) in [6.07, 6.45) is 0.105. The van der Waals surface area contributed by atoms with Gasteiger partial charge in [0.1, 0.15) is 11.5 Å². The Labute approximate surface area is 150 Å². The molecule has 4 nitrogen and oxygen atoms in total. The third kappa shape index (κ3) is 5.52. The lowest BCUT2D eigenvalue weighted by Gasteiger charge is -2.19. The standard InChI is InChI=1S/C21H27NO3/c1-5-19(25-20-12-15(3)10-11-16(20)4)21(23)22-14-17-8-7-9-18(13-17)24-6-2/h7-13,19H,5-6,14H2,1-4H3,(H,22,23). The van der Waals surface area contributed by atoms with E-state index in [2.05, 4.69) is 5.32 Å². The van der Waals surface area contributed by atoms with Crippen molar-refractivity contribution in [2.24, 2.45) is 0 Å². The largest absolute Gasteiger partial charge is 0.494 e. The molecule has 1 amide bonds. The van der Waals surface area contributed by atoms with Gasteiger partial charge in [0.2, 0.25) is 0 Å². The summed E-state index contributed by atoms with van der Waals surface area (Å²) in [5, 5.41) is 2.95. The third-order valence-electron chi connectivity index (χ3n) is 3.95. The first-order valence-electron chi connectivity index (χ1n) is 8.76. The summed E-state index contributed by atoms with van der Waals surface area (Å²) < 4.78 is 11.4. The smallest absolute Gasteiger partial charge is 0.261 e. The van der Waals surface area contributed by atoms with Crippen molar-refractivity contribution in [3.8, 4) is 11.5 Å². The van der Waals surface area contributed by atoms with Gasteiger partial charge in [0, 0.05) is 6.54 Å². The zero-order valence-electron chi connectivity index (χ0n) is 15.5. The van der Waals surface area contributed by atoms with Crippen LogP contribution in [-0.2, 0) is 11.3 Å². The number of rotatable bonds is 8. The van der Waals surface area contributed by atoms with Gasteiger partial charge in [0.05, 0.1) is 6.61 Å². The van der Waals surface area contributed by atoms with E-state index < -0.39 is 6.10 Å². The fourth-order valence-electron chi connectivity index (χ4n) is 2.52. The summed E-state index contributed by atoms with van der Waals surface area (Å²) >= 11 is 0. The number of amides is 1. The van der Waals surface area contributed by atoms with Gasteiger partial charge in [-0.2, -0.15) is 0 Å². The molecule has 0 aliphatic heterocycles. The number of ether oxygens (including phenoxy) is 2. The summed E-state index contributed by atoms with van der Waals surface area (Å²) in [6.45, 7) is 8.97. The van der Waals surface area contributed by atoms with E-state index in [1.165, 1.54) is 0 Å². The van der Waals surface area contributed by atoms with Crippen LogP contribution in [0.15, 0.2) is 42.5 Å². The van der Waals surface area contributed by atoms with Crippen molar-refractivity contribution < 1.29 is 14.3 Å². The molecule has 4 heteroatoms. The summed E-state index contributed by atoms with van der Waals surface area (Å²) in [7, 11) is 0. The lowest BCUT2D eigenvalue weighted by Crippen LogP contribution is -2.37. The zero-order chi connectivity index (χ0) is 18.2. The van der Waals surface area contributed by atoms with Crippen LogP contribution in [0.1, 0.15) is 37.0 Å². The highest BCUT2D eigenvalue weighted by Gasteiger charge is 2.19. The molecule has 0 heterocycles. The first-order chi connectivity index (χ1) is 12.0. The fraction of sp³-hybridized carbons (Fsp3) is 0.381. The van der Waals surface area contributed by atoms with Crippen molar-refractivity contribution in [1.29, 1.82) is 0 Å². The molecule has 0 aliphatic rings. The van der Waals surface area contributed by atoms with Crippen LogP contribution in [0.25, 0.3) is 0 Å². The second kappa shape index (κ2) is 9.11. The van der Waals surface area contributed by atoms with Crippen molar-refractivity contribution in [3.63, 3.8) is 0 Å². The Balaban J connectivity index is 1.98. The quantitative estimate of drug-likeness (QED) is 0.784. The lowest BCUT2D eigenvalue weighted by atomic mass is 10.1. The number of carbonyl (C=O) groups excluding carboxylic acids is 1. The molecular formula is C21H27NO3. The number of hydrogen-bond donors (Lipinski definition) is 1. The zero-order valence-corrected chi connectivity index (χ0v) is 15.5. The maximum absolute atomic E-state index is 12.5. The molecule has 25 heavy (non-hydrogen) atoms. The molecule has 0 radical (unpaired) electrons. The van der Waals surface area contributed by atoms with Crippen molar-refractivity contribution in [2.75, 3.05) is 6.61 Å². The predicted molar refractivity (Wildman–Crippen MR) is 100 cm³/mol. The van der Waals surface area contributed by atoms with E-state index in [1.807, 2.05) is 70.2 Å². The van der Waals surface area contributed by atoms with Crippen LogP contribution in [-0.4, -0.2) is 18.6 Å². The minimum Gasteiger partial charge on any atom is -0.494 e. The van der Waals surface area contributed by atoms with Crippen LogP contribution in [0.5, 0.6) is 11.5 Å². The average Bonchev–Trinajstić information content (AvgIpc) is 2.61. The molecule has 0 fully saturated rings. The highest BCUT2D eigenvalue weighted by molar-refractivity contribution is 5.81. The lowest BCUT2D eigenvalue weighted by molar-refractivity contribution is -0.128. The Kier molecular flexibility index (Phi) is 6.87. The van der Waals surface area contributed by atoms with Gasteiger partial charge in [-0.25, -0.2) is 0 Å².